The molecule has 0 aliphatic heterocycles. The van der Waals surface area contributed by atoms with Crippen LogP contribution < -0.4 is 10.1 Å². The third-order valence-corrected chi connectivity index (χ3v) is 3.28. The van der Waals surface area contributed by atoms with Crippen LogP contribution in [0.15, 0.2) is 48.5 Å². The summed E-state index contributed by atoms with van der Waals surface area (Å²) >= 11 is 0. The number of aromatic nitrogens is 2. The number of hydrogen-bond donors (Lipinski definition) is 1. The van der Waals surface area contributed by atoms with Gasteiger partial charge in [0.2, 0.25) is 0 Å². The molecule has 0 aliphatic rings. The molecule has 0 saturated carbocycles. The third-order valence-electron chi connectivity index (χ3n) is 3.28. The van der Waals surface area contributed by atoms with Crippen molar-refractivity contribution in [3.8, 4) is 5.75 Å². The molecule has 22 heavy (non-hydrogen) atoms. The van der Waals surface area contributed by atoms with Crippen molar-refractivity contribution < 1.29 is 9.53 Å². The minimum absolute atomic E-state index is 0.258. The van der Waals surface area contributed by atoms with Gasteiger partial charge in [-0.05, 0) is 37.3 Å². The highest BCUT2D eigenvalue weighted by Gasteiger charge is 2.13. The minimum Gasteiger partial charge on any atom is -0.497 e. The minimum atomic E-state index is -0.258. The molecule has 0 saturated heterocycles. The lowest BCUT2D eigenvalue weighted by Crippen LogP contribution is -2.15. The summed E-state index contributed by atoms with van der Waals surface area (Å²) in [7, 11) is 1.60. The quantitative estimate of drug-likeness (QED) is 0.805. The van der Waals surface area contributed by atoms with Crippen LogP contribution in [0.1, 0.15) is 16.3 Å². The number of nitrogens with zero attached hydrogens (tertiary/aromatic N) is 2. The molecule has 5 nitrogen and oxygen atoms in total. The summed E-state index contributed by atoms with van der Waals surface area (Å²) in [6.45, 7) is 1.77. The molecule has 2 aromatic carbocycles. The van der Waals surface area contributed by atoms with Gasteiger partial charge in [-0.1, -0.05) is 18.2 Å². The molecule has 0 bridgehead atoms. The van der Waals surface area contributed by atoms with Gasteiger partial charge in [-0.3, -0.25) is 4.79 Å². The summed E-state index contributed by atoms with van der Waals surface area (Å²) in [4.78, 5) is 21.1. The number of carbonyl (C=O) groups is 1. The first-order chi connectivity index (χ1) is 10.7. The number of nitrogens with one attached hydrogen (secondary N) is 1. The Morgan fingerprint density at radius 2 is 1.77 bits per heavy atom. The Bertz CT molecular complexity index is 829. The number of para-hydroxylation sites is 1. The van der Waals surface area contributed by atoms with E-state index in [0.29, 0.717) is 17.2 Å². The van der Waals surface area contributed by atoms with Gasteiger partial charge in [-0.25, -0.2) is 9.97 Å². The molecule has 5 heteroatoms. The van der Waals surface area contributed by atoms with Crippen molar-refractivity contribution in [3.63, 3.8) is 0 Å². The van der Waals surface area contributed by atoms with E-state index < -0.39 is 0 Å². The summed E-state index contributed by atoms with van der Waals surface area (Å²) in [5.74, 6) is 1.05. The monoisotopic (exact) mass is 293 g/mol. The van der Waals surface area contributed by atoms with Gasteiger partial charge in [0.05, 0.1) is 12.6 Å². The average Bonchev–Trinajstić information content (AvgIpc) is 2.54. The van der Waals surface area contributed by atoms with E-state index in [0.717, 1.165) is 16.7 Å². The van der Waals surface area contributed by atoms with Crippen LogP contribution in [-0.4, -0.2) is 23.0 Å². The van der Waals surface area contributed by atoms with Crippen molar-refractivity contribution in [2.75, 3.05) is 12.4 Å². The number of methoxy groups -OCH3 is 1. The van der Waals surface area contributed by atoms with Gasteiger partial charge in [-0.15, -0.1) is 0 Å². The van der Waals surface area contributed by atoms with E-state index in [-0.39, 0.29) is 5.91 Å². The number of ether oxygens (including phenoxy) is 1. The largest absolute Gasteiger partial charge is 0.497 e. The Hall–Kier alpha value is -2.95. The summed E-state index contributed by atoms with van der Waals surface area (Å²) < 4.78 is 5.10. The second-order valence-corrected chi connectivity index (χ2v) is 4.82. The number of hydrogen-bond acceptors (Lipinski definition) is 4. The Balaban J connectivity index is 1.94. The molecule has 3 rings (SSSR count). The van der Waals surface area contributed by atoms with Crippen molar-refractivity contribution in [1.29, 1.82) is 0 Å². The van der Waals surface area contributed by atoms with Gasteiger partial charge in [0.15, 0.2) is 0 Å². The molecule has 1 amide bonds. The van der Waals surface area contributed by atoms with Gasteiger partial charge in [0, 0.05) is 11.1 Å². The van der Waals surface area contributed by atoms with Crippen LogP contribution >= 0.6 is 0 Å². The third kappa shape index (κ3) is 2.74. The highest BCUT2D eigenvalue weighted by Crippen LogP contribution is 2.19. The second kappa shape index (κ2) is 5.81. The van der Waals surface area contributed by atoms with Crippen LogP contribution in [-0.2, 0) is 0 Å². The summed E-state index contributed by atoms with van der Waals surface area (Å²) in [5, 5.41) is 3.58. The van der Waals surface area contributed by atoms with E-state index in [1.807, 2.05) is 24.3 Å². The van der Waals surface area contributed by atoms with Crippen LogP contribution in [0.5, 0.6) is 5.75 Å². The average molecular weight is 293 g/mol. The Labute approximate surface area is 128 Å². The first kappa shape index (κ1) is 14.0. The zero-order valence-electron chi connectivity index (χ0n) is 12.3. The molecule has 0 unspecified atom stereocenters. The number of carbonyl (C=O) groups excluding carboxylic acids is 1. The molecule has 0 fully saturated rings. The van der Waals surface area contributed by atoms with Gasteiger partial charge in [0.25, 0.3) is 5.91 Å². The van der Waals surface area contributed by atoms with Gasteiger partial charge in [-0.2, -0.15) is 0 Å². The van der Waals surface area contributed by atoms with E-state index in [2.05, 4.69) is 15.3 Å². The zero-order chi connectivity index (χ0) is 15.5. The van der Waals surface area contributed by atoms with Crippen molar-refractivity contribution in [2.24, 2.45) is 0 Å². The van der Waals surface area contributed by atoms with Gasteiger partial charge < -0.3 is 10.1 Å². The lowest BCUT2D eigenvalue weighted by atomic mass is 10.1. The standard InChI is InChI=1S/C17H15N3O2/c1-11-18-15-6-4-3-5-14(15)16(19-11)17(21)20-12-7-9-13(22-2)10-8-12/h3-10H,1-2H3,(H,20,21). The maximum Gasteiger partial charge on any atom is 0.275 e. The second-order valence-electron chi connectivity index (χ2n) is 4.82. The molecule has 0 radical (unpaired) electrons. The SMILES string of the molecule is COc1ccc(NC(=O)c2nc(C)nc3ccccc23)cc1. The first-order valence-electron chi connectivity index (χ1n) is 6.86. The molecule has 3 aromatic rings. The van der Waals surface area contributed by atoms with E-state index in [9.17, 15) is 4.79 Å². The van der Waals surface area contributed by atoms with Crippen LogP contribution in [0.25, 0.3) is 10.9 Å². The Morgan fingerprint density at radius 3 is 2.50 bits per heavy atom. The molecule has 1 N–H and O–H groups in total. The predicted molar refractivity (Wildman–Crippen MR) is 85.2 cm³/mol. The fourth-order valence-electron chi connectivity index (χ4n) is 2.23. The van der Waals surface area contributed by atoms with Crippen LogP contribution in [0, 0.1) is 6.92 Å². The molecular formula is C17H15N3O2. The van der Waals surface area contributed by atoms with E-state index in [1.165, 1.54) is 0 Å². The van der Waals surface area contributed by atoms with Crippen LogP contribution in [0.2, 0.25) is 0 Å². The molecule has 0 aliphatic carbocycles. The molecule has 0 spiro atoms. The number of fused-ring (bicyclic) bond motifs is 1. The summed E-state index contributed by atoms with van der Waals surface area (Å²) in [5.41, 5.74) is 1.82. The fraction of sp³-hybridized carbons (Fsp3) is 0.118. The number of aryl methyl sites for hydroxylation is 1. The van der Waals surface area contributed by atoms with E-state index >= 15 is 0 Å². The maximum atomic E-state index is 12.5. The van der Waals surface area contributed by atoms with Crippen LogP contribution in [0.4, 0.5) is 5.69 Å². The lowest BCUT2D eigenvalue weighted by molar-refractivity contribution is 0.102. The Kier molecular flexibility index (Phi) is 3.70. The maximum absolute atomic E-state index is 12.5. The van der Waals surface area contributed by atoms with Crippen molar-refractivity contribution in [1.82, 2.24) is 9.97 Å². The fourth-order valence-corrected chi connectivity index (χ4v) is 2.23. The number of amides is 1. The van der Waals surface area contributed by atoms with Crippen molar-refractivity contribution >= 4 is 22.5 Å². The van der Waals surface area contributed by atoms with Crippen molar-refractivity contribution in [3.05, 3.63) is 60.0 Å². The van der Waals surface area contributed by atoms with Gasteiger partial charge in [0.1, 0.15) is 17.3 Å². The predicted octanol–water partition coefficient (Wildman–Crippen LogP) is 3.20. The number of rotatable bonds is 3. The summed E-state index contributed by atoms with van der Waals surface area (Å²) in [6.07, 6.45) is 0. The molecule has 1 aromatic heterocycles. The molecular weight excluding hydrogens is 278 g/mol. The van der Waals surface area contributed by atoms with Gasteiger partial charge >= 0.3 is 0 Å². The highest BCUT2D eigenvalue weighted by atomic mass is 16.5. The number of benzene rings is 2. The molecule has 1 heterocycles. The lowest BCUT2D eigenvalue weighted by Gasteiger charge is -2.08. The van der Waals surface area contributed by atoms with E-state index in [1.54, 1.807) is 38.3 Å². The zero-order valence-corrected chi connectivity index (χ0v) is 12.3. The number of anilines is 1. The van der Waals surface area contributed by atoms with Crippen molar-refractivity contribution in [2.45, 2.75) is 6.92 Å². The van der Waals surface area contributed by atoms with E-state index in [4.69, 9.17) is 4.74 Å². The molecule has 0 atom stereocenters. The molecule has 110 valence electrons. The highest BCUT2D eigenvalue weighted by molar-refractivity contribution is 6.10. The van der Waals surface area contributed by atoms with Crippen LogP contribution in [0.3, 0.4) is 0 Å². The normalized spacial score (nSPS) is 10.5. The summed E-state index contributed by atoms with van der Waals surface area (Å²) in [6, 6.07) is 14.6. The Morgan fingerprint density at radius 1 is 1.05 bits per heavy atom. The topological polar surface area (TPSA) is 64.1 Å². The smallest absolute Gasteiger partial charge is 0.275 e. The first-order valence-corrected chi connectivity index (χ1v) is 6.86.